The van der Waals surface area contributed by atoms with Crippen LogP contribution in [0.3, 0.4) is 0 Å². The monoisotopic (exact) mass is 582 g/mol. The lowest BCUT2D eigenvalue weighted by Gasteiger charge is -2.35. The van der Waals surface area contributed by atoms with Gasteiger partial charge in [-0.25, -0.2) is 4.79 Å². The first kappa shape index (κ1) is 31.1. The van der Waals surface area contributed by atoms with Gasteiger partial charge in [0.05, 0.1) is 0 Å². The molecule has 1 fully saturated rings. The Labute approximate surface area is 252 Å². The third-order valence-corrected chi connectivity index (χ3v) is 7.28. The molecule has 4 unspecified atom stereocenters. The predicted octanol–water partition coefficient (Wildman–Crippen LogP) is 4.90. The molecule has 0 aliphatic heterocycles. The largest absolute Gasteiger partial charge is 0.444 e. The standard InChI is InChI=1S/C34H38N4O5/c1-6-22-11-13-24(14-12-22)30(31(40)36-26-16-15-23-9-7-8-10-25(23)20-26)38(28-19-21(28)2)32(41)27(17-18-29(35)39)37-33(42)43-34(3,4)5/h1,7-16,20-21,27-28,30H,17-19H2,2-5H3,(H2,35,39)(H,36,40)(H,37,42). The quantitative estimate of drug-likeness (QED) is 0.293. The number of hydrogen-bond acceptors (Lipinski definition) is 5. The minimum absolute atomic E-state index is 0.0555. The molecular weight excluding hydrogens is 544 g/mol. The van der Waals surface area contributed by atoms with Crippen molar-refractivity contribution in [1.29, 1.82) is 0 Å². The Morgan fingerprint density at radius 2 is 1.70 bits per heavy atom. The molecule has 1 aliphatic carbocycles. The number of fused-ring (bicyclic) bond motifs is 1. The van der Waals surface area contributed by atoms with Crippen LogP contribution in [0.5, 0.6) is 0 Å². The van der Waals surface area contributed by atoms with E-state index in [4.69, 9.17) is 16.9 Å². The number of nitrogens with one attached hydrogen (secondary N) is 2. The molecule has 0 heterocycles. The maximum atomic E-state index is 14.3. The second-order valence-corrected chi connectivity index (χ2v) is 11.9. The van der Waals surface area contributed by atoms with E-state index in [1.807, 2.05) is 49.4 Å². The number of nitrogens with two attached hydrogens (primary N) is 1. The van der Waals surface area contributed by atoms with Crippen LogP contribution in [-0.4, -0.2) is 46.4 Å². The van der Waals surface area contributed by atoms with Gasteiger partial charge in [-0.05, 0) is 80.1 Å². The number of ether oxygens (including phenoxy) is 1. The number of hydrogen-bond donors (Lipinski definition) is 3. The summed E-state index contributed by atoms with van der Waals surface area (Å²) in [4.78, 5) is 54.5. The number of amides is 4. The highest BCUT2D eigenvalue weighted by atomic mass is 16.6. The second-order valence-electron chi connectivity index (χ2n) is 11.9. The Bertz CT molecular complexity index is 1550. The Morgan fingerprint density at radius 3 is 2.28 bits per heavy atom. The van der Waals surface area contributed by atoms with Gasteiger partial charge in [-0.2, -0.15) is 0 Å². The predicted molar refractivity (Wildman–Crippen MR) is 166 cm³/mol. The zero-order valence-corrected chi connectivity index (χ0v) is 24.9. The van der Waals surface area contributed by atoms with Gasteiger partial charge in [0, 0.05) is 23.7 Å². The number of carbonyl (C=O) groups is 4. The molecule has 0 bridgehead atoms. The molecule has 3 aromatic rings. The van der Waals surface area contributed by atoms with Gasteiger partial charge in [-0.15, -0.1) is 6.42 Å². The molecule has 9 nitrogen and oxygen atoms in total. The topological polar surface area (TPSA) is 131 Å². The molecule has 43 heavy (non-hydrogen) atoms. The summed E-state index contributed by atoms with van der Waals surface area (Å²) in [7, 11) is 0. The summed E-state index contributed by atoms with van der Waals surface area (Å²) in [5.41, 5.74) is 6.34. The number of primary amides is 1. The molecule has 0 spiro atoms. The van der Waals surface area contributed by atoms with Crippen LogP contribution in [0.2, 0.25) is 0 Å². The van der Waals surface area contributed by atoms with Gasteiger partial charge >= 0.3 is 6.09 Å². The number of rotatable bonds is 10. The van der Waals surface area contributed by atoms with Crippen LogP contribution >= 0.6 is 0 Å². The van der Waals surface area contributed by atoms with E-state index in [9.17, 15) is 19.2 Å². The highest BCUT2D eigenvalue weighted by Crippen LogP contribution is 2.41. The summed E-state index contributed by atoms with van der Waals surface area (Å²) in [5.74, 6) is 1.13. The lowest BCUT2D eigenvalue weighted by atomic mass is 9.99. The Hall–Kier alpha value is -4.84. The molecule has 1 aliphatic rings. The van der Waals surface area contributed by atoms with Crippen LogP contribution in [0.15, 0.2) is 66.7 Å². The number of nitrogens with zero attached hydrogens (tertiary/aromatic N) is 1. The summed E-state index contributed by atoms with van der Waals surface area (Å²) in [6.45, 7) is 7.11. The van der Waals surface area contributed by atoms with Crippen molar-refractivity contribution < 1.29 is 23.9 Å². The van der Waals surface area contributed by atoms with E-state index in [0.717, 1.165) is 10.8 Å². The van der Waals surface area contributed by atoms with E-state index < -0.39 is 41.5 Å². The number of alkyl carbamates (subject to hydrolysis) is 1. The first-order valence-electron chi connectivity index (χ1n) is 14.3. The van der Waals surface area contributed by atoms with Crippen molar-refractivity contribution in [2.24, 2.45) is 11.7 Å². The summed E-state index contributed by atoms with van der Waals surface area (Å²) in [6.07, 6.45) is 5.23. The third kappa shape index (κ3) is 8.13. The molecule has 3 aromatic carbocycles. The summed E-state index contributed by atoms with van der Waals surface area (Å²) >= 11 is 0. The van der Waals surface area contributed by atoms with Crippen molar-refractivity contribution in [3.8, 4) is 12.3 Å². The van der Waals surface area contributed by atoms with E-state index in [2.05, 4.69) is 16.6 Å². The zero-order chi connectivity index (χ0) is 31.3. The lowest BCUT2D eigenvalue weighted by molar-refractivity contribution is -0.142. The Kier molecular flexibility index (Phi) is 9.40. The summed E-state index contributed by atoms with van der Waals surface area (Å²) in [5, 5.41) is 7.59. The van der Waals surface area contributed by atoms with Gasteiger partial charge in [0.1, 0.15) is 17.7 Å². The van der Waals surface area contributed by atoms with E-state index in [-0.39, 0.29) is 24.8 Å². The number of carbonyl (C=O) groups excluding carboxylic acids is 4. The van der Waals surface area contributed by atoms with Crippen LogP contribution in [0.4, 0.5) is 10.5 Å². The SMILES string of the molecule is C#Cc1ccc(C(C(=O)Nc2ccc3ccccc3c2)N(C(=O)C(CCC(N)=O)NC(=O)OC(C)(C)C)C2CC2C)cc1. The van der Waals surface area contributed by atoms with E-state index in [0.29, 0.717) is 23.2 Å². The maximum Gasteiger partial charge on any atom is 0.408 e. The van der Waals surface area contributed by atoms with Gasteiger partial charge in [0.2, 0.25) is 11.8 Å². The van der Waals surface area contributed by atoms with Gasteiger partial charge in [0.25, 0.3) is 5.91 Å². The first-order valence-corrected chi connectivity index (χ1v) is 14.3. The van der Waals surface area contributed by atoms with Crippen molar-refractivity contribution in [2.75, 3.05) is 5.32 Å². The minimum atomic E-state index is -1.16. The highest BCUT2D eigenvalue weighted by molar-refractivity contribution is 6.00. The molecule has 4 rings (SSSR count). The molecular formula is C34H38N4O5. The lowest BCUT2D eigenvalue weighted by Crippen LogP contribution is -2.53. The van der Waals surface area contributed by atoms with Crippen molar-refractivity contribution in [2.45, 2.75) is 70.7 Å². The normalized spacial score (nSPS) is 17.2. The molecule has 224 valence electrons. The van der Waals surface area contributed by atoms with Crippen LogP contribution in [0, 0.1) is 18.3 Å². The smallest absolute Gasteiger partial charge is 0.408 e. The number of terminal acetylenes is 1. The van der Waals surface area contributed by atoms with Crippen molar-refractivity contribution in [1.82, 2.24) is 10.2 Å². The average Bonchev–Trinajstić information content (AvgIpc) is 3.67. The van der Waals surface area contributed by atoms with Gasteiger partial charge < -0.3 is 26.0 Å². The van der Waals surface area contributed by atoms with E-state index in [1.165, 1.54) is 4.90 Å². The van der Waals surface area contributed by atoms with Gasteiger partial charge in [-0.3, -0.25) is 14.4 Å². The zero-order valence-electron chi connectivity index (χ0n) is 24.9. The average molecular weight is 583 g/mol. The highest BCUT2D eigenvalue weighted by Gasteiger charge is 2.48. The summed E-state index contributed by atoms with van der Waals surface area (Å²) < 4.78 is 5.40. The second kappa shape index (κ2) is 13.0. The maximum absolute atomic E-state index is 14.3. The van der Waals surface area contributed by atoms with Crippen LogP contribution in [0.25, 0.3) is 10.8 Å². The van der Waals surface area contributed by atoms with Crippen molar-refractivity contribution in [3.63, 3.8) is 0 Å². The van der Waals surface area contributed by atoms with Crippen molar-refractivity contribution in [3.05, 3.63) is 77.9 Å². The van der Waals surface area contributed by atoms with Crippen LogP contribution < -0.4 is 16.4 Å². The fourth-order valence-electron chi connectivity index (χ4n) is 5.02. The molecule has 4 N–H and O–H groups in total. The van der Waals surface area contributed by atoms with E-state index in [1.54, 1.807) is 45.0 Å². The van der Waals surface area contributed by atoms with Crippen LogP contribution in [-0.2, 0) is 19.1 Å². The van der Waals surface area contributed by atoms with Crippen LogP contribution in [0.1, 0.15) is 64.1 Å². The number of anilines is 1. The first-order chi connectivity index (χ1) is 20.4. The molecule has 4 atom stereocenters. The molecule has 1 saturated carbocycles. The molecule has 9 heteroatoms. The van der Waals surface area contributed by atoms with Gasteiger partial charge in [-0.1, -0.05) is 55.3 Å². The Balaban J connectivity index is 1.73. The minimum Gasteiger partial charge on any atom is -0.444 e. The van der Waals surface area contributed by atoms with Gasteiger partial charge in [0.15, 0.2) is 0 Å². The fraction of sp³-hybridized carbons (Fsp3) is 0.353. The third-order valence-electron chi connectivity index (χ3n) is 7.28. The Morgan fingerprint density at radius 1 is 1.05 bits per heavy atom. The summed E-state index contributed by atoms with van der Waals surface area (Å²) in [6, 6.07) is 17.8. The molecule has 0 aromatic heterocycles. The molecule has 0 saturated heterocycles. The fourth-order valence-corrected chi connectivity index (χ4v) is 5.02. The van der Waals surface area contributed by atoms with Crippen molar-refractivity contribution >= 4 is 40.3 Å². The van der Waals surface area contributed by atoms with E-state index >= 15 is 0 Å². The molecule has 4 amide bonds. The molecule has 0 radical (unpaired) electrons. The number of benzene rings is 3.